The smallest absolute Gasteiger partial charge is 0.274 e. The molecule has 0 unspecified atom stereocenters. The molecule has 9 heteroatoms. The first-order valence-electron chi connectivity index (χ1n) is 10.5. The third-order valence-electron chi connectivity index (χ3n) is 6.29. The number of piperazine rings is 1. The highest BCUT2D eigenvalue weighted by Gasteiger charge is 2.36. The highest BCUT2D eigenvalue weighted by molar-refractivity contribution is 7.91. The van der Waals surface area contributed by atoms with E-state index in [4.69, 9.17) is 0 Å². The van der Waals surface area contributed by atoms with Gasteiger partial charge in [-0.3, -0.25) is 9.48 Å². The SMILES string of the molecule is O=C(c1cc(C2CC2)n([C@H]2CCS(=O)(=O)C2)n1)N1CCN(c2ccc(F)cc2)CC1. The monoisotopic (exact) mass is 432 g/mol. The molecule has 160 valence electrons. The fraction of sp³-hybridized carbons (Fsp3) is 0.524. The Morgan fingerprint density at radius 2 is 1.73 bits per heavy atom. The van der Waals surface area contributed by atoms with E-state index in [1.165, 1.54) is 12.1 Å². The van der Waals surface area contributed by atoms with Gasteiger partial charge in [0.15, 0.2) is 15.5 Å². The molecule has 2 aliphatic heterocycles. The average Bonchev–Trinajstić information content (AvgIpc) is 3.39. The maximum Gasteiger partial charge on any atom is 0.274 e. The Hall–Kier alpha value is -2.42. The van der Waals surface area contributed by atoms with E-state index >= 15 is 0 Å². The van der Waals surface area contributed by atoms with Gasteiger partial charge in [-0.05, 0) is 49.6 Å². The first-order valence-corrected chi connectivity index (χ1v) is 12.3. The molecule has 3 aliphatic rings. The minimum Gasteiger partial charge on any atom is -0.368 e. The molecular weight excluding hydrogens is 407 g/mol. The van der Waals surface area contributed by atoms with E-state index in [0.29, 0.717) is 44.2 Å². The van der Waals surface area contributed by atoms with E-state index in [2.05, 4.69) is 10.00 Å². The zero-order valence-electron chi connectivity index (χ0n) is 16.7. The van der Waals surface area contributed by atoms with Crippen LogP contribution < -0.4 is 4.90 Å². The number of sulfone groups is 1. The Morgan fingerprint density at radius 3 is 2.33 bits per heavy atom. The van der Waals surface area contributed by atoms with Crippen LogP contribution in [-0.2, 0) is 9.84 Å². The van der Waals surface area contributed by atoms with Crippen LogP contribution in [0.3, 0.4) is 0 Å². The van der Waals surface area contributed by atoms with Crippen LogP contribution in [0.5, 0.6) is 0 Å². The summed E-state index contributed by atoms with van der Waals surface area (Å²) in [5.41, 5.74) is 2.37. The van der Waals surface area contributed by atoms with Gasteiger partial charge in [0.1, 0.15) is 5.82 Å². The molecule has 3 fully saturated rings. The van der Waals surface area contributed by atoms with Gasteiger partial charge in [-0.2, -0.15) is 5.10 Å². The Balaban J connectivity index is 1.30. The molecule has 7 nitrogen and oxygen atoms in total. The lowest BCUT2D eigenvalue weighted by Crippen LogP contribution is -2.48. The number of nitrogens with zero attached hydrogens (tertiary/aromatic N) is 4. The number of carbonyl (C=O) groups is 1. The van der Waals surface area contributed by atoms with Gasteiger partial charge < -0.3 is 9.80 Å². The van der Waals surface area contributed by atoms with E-state index in [1.807, 2.05) is 10.7 Å². The number of anilines is 1. The predicted octanol–water partition coefficient (Wildman–Crippen LogP) is 2.22. The molecular formula is C21H25FN4O3S. The van der Waals surface area contributed by atoms with Gasteiger partial charge in [0.25, 0.3) is 5.91 Å². The number of aromatic nitrogens is 2. The first-order chi connectivity index (χ1) is 14.4. The summed E-state index contributed by atoms with van der Waals surface area (Å²) in [5, 5.41) is 4.59. The van der Waals surface area contributed by atoms with Crippen LogP contribution in [0.2, 0.25) is 0 Å². The van der Waals surface area contributed by atoms with Crippen molar-refractivity contribution in [3.05, 3.63) is 47.5 Å². The van der Waals surface area contributed by atoms with Gasteiger partial charge in [-0.15, -0.1) is 0 Å². The van der Waals surface area contributed by atoms with E-state index in [-0.39, 0.29) is 29.3 Å². The summed E-state index contributed by atoms with van der Waals surface area (Å²) in [6.45, 7) is 2.49. The average molecular weight is 433 g/mol. The molecule has 1 aromatic heterocycles. The van der Waals surface area contributed by atoms with Crippen molar-refractivity contribution in [2.24, 2.45) is 0 Å². The first kappa shape index (κ1) is 19.5. The number of amides is 1. The van der Waals surface area contributed by atoms with Gasteiger partial charge in [-0.1, -0.05) is 0 Å². The molecule has 1 amide bonds. The van der Waals surface area contributed by atoms with Crippen molar-refractivity contribution in [1.29, 1.82) is 0 Å². The van der Waals surface area contributed by atoms with Gasteiger partial charge in [0.2, 0.25) is 0 Å². The molecule has 2 saturated heterocycles. The van der Waals surface area contributed by atoms with Crippen LogP contribution in [-0.4, -0.2) is 66.7 Å². The minimum absolute atomic E-state index is 0.102. The summed E-state index contributed by atoms with van der Waals surface area (Å²) in [4.78, 5) is 17.0. The molecule has 2 aromatic rings. The number of hydrogen-bond donors (Lipinski definition) is 0. The van der Waals surface area contributed by atoms with Crippen molar-refractivity contribution in [3.63, 3.8) is 0 Å². The number of halogens is 1. The molecule has 3 heterocycles. The van der Waals surface area contributed by atoms with Gasteiger partial charge in [0, 0.05) is 43.5 Å². The largest absolute Gasteiger partial charge is 0.368 e. The topological polar surface area (TPSA) is 75.5 Å². The second-order valence-electron chi connectivity index (χ2n) is 8.49. The fourth-order valence-electron chi connectivity index (χ4n) is 4.44. The summed E-state index contributed by atoms with van der Waals surface area (Å²) in [7, 11) is -3.02. The molecule has 1 atom stereocenters. The van der Waals surface area contributed by atoms with Crippen molar-refractivity contribution in [3.8, 4) is 0 Å². The predicted molar refractivity (Wildman–Crippen MR) is 111 cm³/mol. The van der Waals surface area contributed by atoms with E-state index in [0.717, 1.165) is 24.2 Å². The standard InChI is InChI=1S/C21H25FN4O3S/c22-16-3-5-17(6-4-16)24-8-10-25(11-9-24)21(27)19-13-20(15-1-2-15)26(23-19)18-7-12-30(28,29)14-18/h3-6,13,15,18H,1-2,7-12,14H2/t18-/m0/s1. The zero-order chi connectivity index (χ0) is 20.9. The minimum atomic E-state index is -3.02. The molecule has 1 aliphatic carbocycles. The highest BCUT2D eigenvalue weighted by atomic mass is 32.2. The summed E-state index contributed by atoms with van der Waals surface area (Å²) < 4.78 is 38.8. The highest BCUT2D eigenvalue weighted by Crippen LogP contribution is 2.42. The van der Waals surface area contributed by atoms with Crippen LogP contribution >= 0.6 is 0 Å². The number of carbonyl (C=O) groups excluding carboxylic acids is 1. The molecule has 0 N–H and O–H groups in total. The molecule has 1 aromatic carbocycles. The Labute approximate surface area is 175 Å². The molecule has 0 spiro atoms. The Bertz CT molecular complexity index is 1050. The van der Waals surface area contributed by atoms with Crippen LogP contribution in [0.25, 0.3) is 0 Å². The number of benzene rings is 1. The van der Waals surface area contributed by atoms with Crippen LogP contribution in [0.4, 0.5) is 10.1 Å². The van der Waals surface area contributed by atoms with Gasteiger partial charge in [-0.25, -0.2) is 12.8 Å². The molecule has 1 saturated carbocycles. The fourth-order valence-corrected chi connectivity index (χ4v) is 6.13. The summed E-state index contributed by atoms with van der Waals surface area (Å²) in [6, 6.07) is 8.11. The van der Waals surface area contributed by atoms with Crippen molar-refractivity contribution in [1.82, 2.24) is 14.7 Å². The lowest BCUT2D eigenvalue weighted by Gasteiger charge is -2.35. The Morgan fingerprint density at radius 1 is 1.03 bits per heavy atom. The third-order valence-corrected chi connectivity index (χ3v) is 8.04. The van der Waals surface area contributed by atoms with Gasteiger partial charge >= 0.3 is 0 Å². The third kappa shape index (κ3) is 3.82. The van der Waals surface area contributed by atoms with Crippen molar-refractivity contribution in [2.45, 2.75) is 31.2 Å². The lowest BCUT2D eigenvalue weighted by atomic mass is 10.2. The van der Waals surface area contributed by atoms with Crippen molar-refractivity contribution in [2.75, 3.05) is 42.6 Å². The summed E-state index contributed by atoms with van der Waals surface area (Å²) in [6.07, 6.45) is 2.69. The summed E-state index contributed by atoms with van der Waals surface area (Å²) in [5.74, 6) is 0.326. The van der Waals surface area contributed by atoms with E-state index < -0.39 is 9.84 Å². The Kier molecular flexibility index (Phi) is 4.80. The number of hydrogen-bond acceptors (Lipinski definition) is 5. The van der Waals surface area contributed by atoms with E-state index in [9.17, 15) is 17.6 Å². The van der Waals surface area contributed by atoms with Crippen molar-refractivity contribution < 1.29 is 17.6 Å². The molecule has 0 radical (unpaired) electrons. The zero-order valence-corrected chi connectivity index (χ0v) is 17.5. The quantitative estimate of drug-likeness (QED) is 0.741. The van der Waals surface area contributed by atoms with Crippen LogP contribution in [0.1, 0.15) is 47.4 Å². The van der Waals surface area contributed by atoms with Crippen LogP contribution in [0, 0.1) is 5.82 Å². The normalized spacial score (nSPS) is 23.7. The molecule has 5 rings (SSSR count). The lowest BCUT2D eigenvalue weighted by molar-refractivity contribution is 0.0739. The van der Waals surface area contributed by atoms with E-state index in [1.54, 1.807) is 17.0 Å². The van der Waals surface area contributed by atoms with Gasteiger partial charge in [0.05, 0.1) is 17.5 Å². The molecule has 0 bridgehead atoms. The van der Waals surface area contributed by atoms with Crippen molar-refractivity contribution >= 4 is 21.4 Å². The number of rotatable bonds is 4. The second-order valence-corrected chi connectivity index (χ2v) is 10.7. The summed E-state index contributed by atoms with van der Waals surface area (Å²) >= 11 is 0. The second kappa shape index (κ2) is 7.37. The molecule has 30 heavy (non-hydrogen) atoms. The van der Waals surface area contributed by atoms with Crippen LogP contribution in [0.15, 0.2) is 30.3 Å². The maximum atomic E-state index is 13.1. The maximum absolute atomic E-state index is 13.1.